The zero-order valence-electron chi connectivity index (χ0n) is 16.7. The van der Waals surface area contributed by atoms with Crippen LogP contribution in [0, 0.1) is 13.8 Å². The molecule has 2 aromatic carbocycles. The lowest BCUT2D eigenvalue weighted by Gasteiger charge is -2.17. The zero-order chi connectivity index (χ0) is 20.4. The van der Waals surface area contributed by atoms with Gasteiger partial charge in [-0.2, -0.15) is 0 Å². The maximum Gasteiger partial charge on any atom is 0.291 e. The molecule has 0 aliphatic carbocycles. The van der Waals surface area contributed by atoms with Crippen LogP contribution in [-0.4, -0.2) is 21.4 Å². The van der Waals surface area contributed by atoms with E-state index in [1.807, 2.05) is 66.9 Å². The van der Waals surface area contributed by atoms with Gasteiger partial charge in [0.2, 0.25) is 0 Å². The third-order valence-corrected chi connectivity index (χ3v) is 5.15. The summed E-state index contributed by atoms with van der Waals surface area (Å²) in [5.41, 5.74) is 4.83. The number of hydrogen-bond acceptors (Lipinski definition) is 3. The Bertz CT molecular complexity index is 966. The largest absolute Gasteiger partial charge is 0.323 e. The molecular weight excluding hydrogens is 364 g/mol. The Morgan fingerprint density at radius 2 is 1.38 bits per heavy atom. The summed E-state index contributed by atoms with van der Waals surface area (Å²) in [5.74, 6) is -0.297. The van der Waals surface area contributed by atoms with Crippen molar-refractivity contribution in [2.24, 2.45) is 0 Å². The van der Waals surface area contributed by atoms with E-state index in [9.17, 15) is 9.59 Å². The first-order valence-electron chi connectivity index (χ1n) is 9.87. The van der Waals surface area contributed by atoms with Gasteiger partial charge in [-0.1, -0.05) is 35.4 Å². The van der Waals surface area contributed by atoms with Crippen LogP contribution in [0.15, 0.2) is 48.5 Å². The van der Waals surface area contributed by atoms with Crippen molar-refractivity contribution in [1.29, 1.82) is 0 Å². The molecule has 1 aromatic heterocycles. The van der Waals surface area contributed by atoms with Gasteiger partial charge in [0.05, 0.1) is 5.69 Å². The molecule has 6 heteroatoms. The fraction of sp³-hybridized carbons (Fsp3) is 0.261. The highest BCUT2D eigenvalue weighted by atomic mass is 16.2. The van der Waals surface area contributed by atoms with Crippen LogP contribution in [0.3, 0.4) is 0 Å². The number of nitrogens with one attached hydrogen (secondary N) is 2. The van der Waals surface area contributed by atoms with E-state index in [0.29, 0.717) is 23.6 Å². The molecule has 6 nitrogen and oxygen atoms in total. The molecule has 0 radical (unpaired) electrons. The minimum Gasteiger partial charge on any atom is -0.323 e. The second-order valence-electron chi connectivity index (χ2n) is 7.48. The lowest BCUT2D eigenvalue weighted by Crippen LogP contribution is -2.21. The Hall–Kier alpha value is -3.41. The van der Waals surface area contributed by atoms with E-state index in [2.05, 4.69) is 15.6 Å². The SMILES string of the molecule is Cc1ccc(NC(=O)c2nc(C(=O)Nc3ccc(C)cc3)n3c2CCCC3)cc1. The van der Waals surface area contributed by atoms with Crippen molar-refractivity contribution in [1.82, 2.24) is 9.55 Å². The Morgan fingerprint density at radius 3 is 1.97 bits per heavy atom. The topological polar surface area (TPSA) is 76.0 Å². The number of anilines is 2. The van der Waals surface area contributed by atoms with Crippen molar-refractivity contribution < 1.29 is 9.59 Å². The lowest BCUT2D eigenvalue weighted by molar-refractivity contribution is 0.101. The molecule has 148 valence electrons. The molecule has 4 rings (SSSR count). The average Bonchev–Trinajstić information content (AvgIpc) is 3.11. The number of rotatable bonds is 4. The Balaban J connectivity index is 1.61. The molecule has 1 aliphatic rings. The van der Waals surface area contributed by atoms with Gasteiger partial charge in [-0.25, -0.2) is 4.98 Å². The van der Waals surface area contributed by atoms with Gasteiger partial charge < -0.3 is 15.2 Å². The minimum absolute atomic E-state index is 0.283. The van der Waals surface area contributed by atoms with Crippen molar-refractivity contribution in [3.63, 3.8) is 0 Å². The number of nitrogens with zero attached hydrogens (tertiary/aromatic N) is 2. The van der Waals surface area contributed by atoms with E-state index in [4.69, 9.17) is 0 Å². The predicted molar refractivity (Wildman–Crippen MR) is 113 cm³/mol. The van der Waals surface area contributed by atoms with Crippen molar-refractivity contribution in [2.75, 3.05) is 10.6 Å². The molecule has 0 fully saturated rings. The average molecular weight is 388 g/mol. The lowest BCUT2D eigenvalue weighted by atomic mass is 10.1. The summed E-state index contributed by atoms with van der Waals surface area (Å²) in [7, 11) is 0. The highest BCUT2D eigenvalue weighted by Gasteiger charge is 2.27. The summed E-state index contributed by atoms with van der Waals surface area (Å²) in [6, 6.07) is 15.2. The molecule has 2 N–H and O–H groups in total. The molecule has 0 spiro atoms. The van der Waals surface area contributed by atoms with Crippen LogP contribution < -0.4 is 10.6 Å². The number of amides is 2. The number of hydrogen-bond donors (Lipinski definition) is 2. The third kappa shape index (κ3) is 4.06. The molecule has 0 saturated heterocycles. The molecule has 3 aromatic rings. The molecule has 2 amide bonds. The summed E-state index contributed by atoms with van der Waals surface area (Å²) in [6.07, 6.45) is 2.68. The standard InChI is InChI=1S/C23H24N4O2/c1-15-6-10-17(11-7-15)24-22(28)20-19-5-3-4-14-27(19)21(26-20)23(29)25-18-12-8-16(2)9-13-18/h6-13H,3-5,14H2,1-2H3,(H,24,28)(H,25,29). The minimum atomic E-state index is -0.300. The van der Waals surface area contributed by atoms with Crippen LogP contribution in [0.2, 0.25) is 0 Å². The normalized spacial score (nSPS) is 12.9. The van der Waals surface area contributed by atoms with Crippen molar-refractivity contribution >= 4 is 23.2 Å². The molecule has 0 saturated carbocycles. The smallest absolute Gasteiger partial charge is 0.291 e. The highest BCUT2D eigenvalue weighted by molar-refractivity contribution is 6.07. The third-order valence-electron chi connectivity index (χ3n) is 5.15. The fourth-order valence-electron chi connectivity index (χ4n) is 3.55. The van der Waals surface area contributed by atoms with E-state index in [1.54, 1.807) is 0 Å². The Labute approximate surface area is 170 Å². The Kier molecular flexibility index (Phi) is 5.16. The Morgan fingerprint density at radius 1 is 0.828 bits per heavy atom. The summed E-state index contributed by atoms with van der Waals surface area (Å²) < 4.78 is 1.89. The summed E-state index contributed by atoms with van der Waals surface area (Å²) >= 11 is 0. The second kappa shape index (κ2) is 7.91. The maximum atomic E-state index is 12.9. The fourth-order valence-corrected chi connectivity index (χ4v) is 3.55. The second-order valence-corrected chi connectivity index (χ2v) is 7.48. The quantitative estimate of drug-likeness (QED) is 0.698. The van der Waals surface area contributed by atoms with Gasteiger partial charge in [-0.15, -0.1) is 0 Å². The maximum absolute atomic E-state index is 12.9. The molecule has 0 unspecified atom stereocenters. The molecule has 29 heavy (non-hydrogen) atoms. The van der Waals surface area contributed by atoms with Gasteiger partial charge >= 0.3 is 0 Å². The monoisotopic (exact) mass is 388 g/mol. The molecule has 0 atom stereocenters. The summed E-state index contributed by atoms with van der Waals surface area (Å²) in [6.45, 7) is 4.68. The first-order valence-corrected chi connectivity index (χ1v) is 9.87. The number of aryl methyl sites for hydroxylation is 2. The van der Waals surface area contributed by atoms with Crippen molar-refractivity contribution in [2.45, 2.75) is 39.7 Å². The van der Waals surface area contributed by atoms with Gasteiger partial charge in [0.1, 0.15) is 0 Å². The van der Waals surface area contributed by atoms with Crippen LogP contribution in [0.25, 0.3) is 0 Å². The van der Waals surface area contributed by atoms with Crippen molar-refractivity contribution in [3.05, 3.63) is 76.9 Å². The first kappa shape index (κ1) is 18.9. The molecular formula is C23H24N4O2. The number of benzene rings is 2. The van der Waals surface area contributed by atoms with Crippen LogP contribution in [-0.2, 0) is 13.0 Å². The number of carbonyl (C=O) groups is 2. The zero-order valence-corrected chi connectivity index (χ0v) is 16.7. The van der Waals surface area contributed by atoms with Gasteiger partial charge in [0, 0.05) is 17.9 Å². The first-order chi connectivity index (χ1) is 14.0. The van der Waals surface area contributed by atoms with E-state index in [-0.39, 0.29) is 17.6 Å². The summed E-state index contributed by atoms with van der Waals surface area (Å²) in [4.78, 5) is 30.2. The number of carbonyl (C=O) groups excluding carboxylic acids is 2. The van der Waals surface area contributed by atoms with E-state index >= 15 is 0 Å². The van der Waals surface area contributed by atoms with Crippen LogP contribution >= 0.6 is 0 Å². The number of fused-ring (bicyclic) bond motifs is 1. The van der Waals surface area contributed by atoms with Gasteiger partial charge in [-0.05, 0) is 57.4 Å². The van der Waals surface area contributed by atoms with Crippen LogP contribution in [0.1, 0.15) is 50.8 Å². The number of imidazole rings is 1. The van der Waals surface area contributed by atoms with Gasteiger partial charge in [0.15, 0.2) is 11.5 Å². The molecule has 2 heterocycles. The van der Waals surface area contributed by atoms with E-state index in [0.717, 1.165) is 36.1 Å². The molecule has 0 bridgehead atoms. The van der Waals surface area contributed by atoms with Gasteiger partial charge in [0.25, 0.3) is 11.8 Å². The number of aromatic nitrogens is 2. The predicted octanol–water partition coefficient (Wildman–Crippen LogP) is 4.34. The van der Waals surface area contributed by atoms with E-state index < -0.39 is 0 Å². The molecule has 1 aliphatic heterocycles. The van der Waals surface area contributed by atoms with Crippen LogP contribution in [0.4, 0.5) is 11.4 Å². The highest BCUT2D eigenvalue weighted by Crippen LogP contribution is 2.23. The van der Waals surface area contributed by atoms with Crippen LogP contribution in [0.5, 0.6) is 0 Å². The summed E-state index contributed by atoms with van der Waals surface area (Å²) in [5, 5.41) is 5.79. The van der Waals surface area contributed by atoms with Crippen molar-refractivity contribution in [3.8, 4) is 0 Å². The van der Waals surface area contributed by atoms with E-state index in [1.165, 1.54) is 0 Å². The van der Waals surface area contributed by atoms with Gasteiger partial charge in [-0.3, -0.25) is 9.59 Å².